The number of carboxylic acids is 1. The Morgan fingerprint density at radius 1 is 1.23 bits per heavy atom. The molecule has 0 bridgehead atoms. The lowest BCUT2D eigenvalue weighted by atomic mass is 9.91. The lowest BCUT2D eigenvalue weighted by molar-refractivity contribution is -0.137. The molecule has 4 rings (SSSR count). The van der Waals surface area contributed by atoms with Crippen molar-refractivity contribution in [2.24, 2.45) is 0 Å². The number of nitrogens with one attached hydrogen (secondary N) is 1. The molecule has 30 heavy (non-hydrogen) atoms. The smallest absolute Gasteiger partial charge is 0.323 e. The summed E-state index contributed by atoms with van der Waals surface area (Å²) in [5.74, 6) is -1.29. The Morgan fingerprint density at radius 2 is 2.07 bits per heavy atom. The number of hydrogen-bond acceptors (Lipinski definition) is 2. The molecule has 1 heterocycles. The van der Waals surface area contributed by atoms with Crippen molar-refractivity contribution < 1.29 is 19.1 Å². The molecule has 1 amide bonds. The van der Waals surface area contributed by atoms with Crippen LogP contribution >= 0.6 is 15.9 Å². The van der Waals surface area contributed by atoms with Gasteiger partial charge < -0.3 is 15.0 Å². The van der Waals surface area contributed by atoms with Gasteiger partial charge in [-0.05, 0) is 67.1 Å². The van der Waals surface area contributed by atoms with Gasteiger partial charge in [-0.3, -0.25) is 9.59 Å². The SMILES string of the molecule is O=C(O)Cn1c2c(c3cc(F)ccc31)CC(NC(=O)CCc1cccc(Br)c1)CC2. The first-order valence-electron chi connectivity index (χ1n) is 9.96. The van der Waals surface area contributed by atoms with E-state index in [4.69, 9.17) is 0 Å². The molecule has 2 aromatic carbocycles. The monoisotopic (exact) mass is 472 g/mol. The zero-order valence-corrected chi connectivity index (χ0v) is 17.9. The van der Waals surface area contributed by atoms with Crippen LogP contribution in [0, 0.1) is 5.82 Å². The van der Waals surface area contributed by atoms with Gasteiger partial charge in [0, 0.05) is 33.5 Å². The minimum Gasteiger partial charge on any atom is -0.480 e. The fourth-order valence-electron chi connectivity index (χ4n) is 4.31. The van der Waals surface area contributed by atoms with E-state index in [9.17, 15) is 19.1 Å². The highest BCUT2D eigenvalue weighted by molar-refractivity contribution is 9.10. The molecule has 1 aliphatic rings. The number of fused-ring (bicyclic) bond motifs is 3. The molecule has 0 saturated carbocycles. The highest BCUT2D eigenvalue weighted by Crippen LogP contribution is 2.33. The summed E-state index contributed by atoms with van der Waals surface area (Å²) in [4.78, 5) is 23.8. The van der Waals surface area contributed by atoms with Gasteiger partial charge in [0.2, 0.25) is 5.91 Å². The van der Waals surface area contributed by atoms with Gasteiger partial charge >= 0.3 is 5.97 Å². The maximum Gasteiger partial charge on any atom is 0.323 e. The Balaban J connectivity index is 1.49. The van der Waals surface area contributed by atoms with Gasteiger partial charge in [0.1, 0.15) is 12.4 Å². The average molecular weight is 473 g/mol. The number of benzene rings is 2. The van der Waals surface area contributed by atoms with Crippen molar-refractivity contribution in [3.63, 3.8) is 0 Å². The third kappa shape index (κ3) is 4.41. The maximum atomic E-state index is 13.9. The second-order valence-electron chi connectivity index (χ2n) is 7.70. The van der Waals surface area contributed by atoms with Crippen LogP contribution in [-0.4, -0.2) is 27.6 Å². The van der Waals surface area contributed by atoms with Crippen LogP contribution < -0.4 is 5.32 Å². The van der Waals surface area contributed by atoms with Gasteiger partial charge in [0.25, 0.3) is 0 Å². The summed E-state index contributed by atoms with van der Waals surface area (Å²) in [6.07, 6.45) is 3.01. The van der Waals surface area contributed by atoms with Crippen molar-refractivity contribution in [2.75, 3.05) is 0 Å². The van der Waals surface area contributed by atoms with E-state index < -0.39 is 5.97 Å². The summed E-state index contributed by atoms with van der Waals surface area (Å²) in [5, 5.41) is 13.1. The Bertz CT molecular complexity index is 1130. The van der Waals surface area contributed by atoms with Crippen molar-refractivity contribution in [1.29, 1.82) is 0 Å². The number of carbonyl (C=O) groups excluding carboxylic acids is 1. The molecular formula is C23H22BrFN2O3. The second-order valence-corrected chi connectivity index (χ2v) is 8.62. The Hall–Kier alpha value is -2.67. The van der Waals surface area contributed by atoms with Crippen molar-refractivity contribution in [3.05, 3.63) is 69.6 Å². The van der Waals surface area contributed by atoms with Crippen LogP contribution in [0.25, 0.3) is 10.9 Å². The van der Waals surface area contributed by atoms with Crippen LogP contribution in [0.4, 0.5) is 4.39 Å². The van der Waals surface area contributed by atoms with Crippen LogP contribution in [0.2, 0.25) is 0 Å². The van der Waals surface area contributed by atoms with E-state index in [0.29, 0.717) is 25.7 Å². The van der Waals surface area contributed by atoms with E-state index in [1.165, 1.54) is 12.1 Å². The molecule has 1 aliphatic carbocycles. The first-order chi connectivity index (χ1) is 14.4. The minimum absolute atomic E-state index is 0.0103. The predicted molar refractivity (Wildman–Crippen MR) is 116 cm³/mol. The molecular weight excluding hydrogens is 451 g/mol. The molecule has 1 aromatic heterocycles. The highest BCUT2D eigenvalue weighted by Gasteiger charge is 2.27. The van der Waals surface area contributed by atoms with Crippen molar-refractivity contribution >= 4 is 38.7 Å². The van der Waals surface area contributed by atoms with Gasteiger partial charge in [-0.2, -0.15) is 0 Å². The van der Waals surface area contributed by atoms with Crippen molar-refractivity contribution in [1.82, 2.24) is 9.88 Å². The van der Waals surface area contributed by atoms with Crippen molar-refractivity contribution in [3.8, 4) is 0 Å². The topological polar surface area (TPSA) is 71.3 Å². The predicted octanol–water partition coefficient (Wildman–Crippen LogP) is 4.23. The summed E-state index contributed by atoms with van der Waals surface area (Å²) in [5.41, 5.74) is 3.69. The number of carboxylic acid groups (broad SMARTS) is 1. The molecule has 5 nitrogen and oxygen atoms in total. The molecule has 0 radical (unpaired) electrons. The number of amides is 1. The van der Waals surface area contributed by atoms with E-state index >= 15 is 0 Å². The second kappa shape index (κ2) is 8.60. The number of aliphatic carboxylic acids is 1. The number of aromatic nitrogens is 1. The standard InChI is InChI=1S/C23H22BrFN2O3/c24-15-3-1-2-14(10-15)4-9-22(28)26-17-6-8-21-19(12-17)18-11-16(25)5-7-20(18)27(21)13-23(29)30/h1-3,5,7,10-11,17H,4,6,8-9,12-13H2,(H,26,28)(H,29,30). The first-order valence-corrected chi connectivity index (χ1v) is 10.7. The Kier molecular flexibility index (Phi) is 5.90. The van der Waals surface area contributed by atoms with Crippen LogP contribution in [0.15, 0.2) is 46.9 Å². The molecule has 2 N–H and O–H groups in total. The first kappa shape index (κ1) is 20.6. The zero-order valence-electron chi connectivity index (χ0n) is 16.3. The summed E-state index contributed by atoms with van der Waals surface area (Å²) < 4.78 is 16.6. The van der Waals surface area contributed by atoms with Crippen molar-refractivity contribution in [2.45, 2.75) is 44.7 Å². The van der Waals surface area contributed by atoms with Gasteiger partial charge in [0.05, 0.1) is 0 Å². The fourth-order valence-corrected chi connectivity index (χ4v) is 4.76. The molecule has 7 heteroatoms. The third-order valence-corrected chi connectivity index (χ3v) is 6.11. The van der Waals surface area contributed by atoms with Crippen LogP contribution in [0.3, 0.4) is 0 Å². The average Bonchev–Trinajstić information content (AvgIpc) is 2.98. The van der Waals surface area contributed by atoms with E-state index in [0.717, 1.165) is 38.6 Å². The maximum absolute atomic E-state index is 13.9. The number of nitrogens with zero attached hydrogens (tertiary/aromatic N) is 1. The Morgan fingerprint density at radius 3 is 2.83 bits per heavy atom. The number of carbonyl (C=O) groups is 2. The number of halogens is 2. The normalized spacial score (nSPS) is 15.7. The summed E-state index contributed by atoms with van der Waals surface area (Å²) >= 11 is 3.44. The number of aryl methyl sites for hydroxylation is 1. The quantitative estimate of drug-likeness (QED) is 0.563. The van der Waals surface area contributed by atoms with Gasteiger partial charge in [-0.15, -0.1) is 0 Å². The zero-order chi connectivity index (χ0) is 21.3. The van der Waals surface area contributed by atoms with E-state index in [1.54, 1.807) is 10.6 Å². The summed E-state index contributed by atoms with van der Waals surface area (Å²) in [7, 11) is 0. The Labute approximate surface area is 182 Å². The van der Waals surface area contributed by atoms with E-state index in [-0.39, 0.29) is 24.3 Å². The number of hydrogen-bond donors (Lipinski definition) is 2. The molecule has 156 valence electrons. The van der Waals surface area contributed by atoms with Crippen LogP contribution in [0.1, 0.15) is 29.7 Å². The molecule has 3 aromatic rings. The van der Waals surface area contributed by atoms with E-state index in [1.807, 2.05) is 24.3 Å². The minimum atomic E-state index is -0.929. The molecule has 0 aliphatic heterocycles. The van der Waals surface area contributed by atoms with Gasteiger partial charge in [-0.25, -0.2) is 4.39 Å². The fraction of sp³-hybridized carbons (Fsp3) is 0.304. The molecule has 0 fully saturated rings. The lowest BCUT2D eigenvalue weighted by Crippen LogP contribution is -2.39. The molecule has 1 atom stereocenters. The largest absolute Gasteiger partial charge is 0.480 e. The van der Waals surface area contributed by atoms with Gasteiger partial charge in [0.15, 0.2) is 0 Å². The van der Waals surface area contributed by atoms with Crippen LogP contribution in [-0.2, 0) is 35.4 Å². The third-order valence-electron chi connectivity index (χ3n) is 5.62. The summed E-state index contributed by atoms with van der Waals surface area (Å²) in [6.45, 7) is -0.152. The summed E-state index contributed by atoms with van der Waals surface area (Å²) in [6, 6.07) is 12.3. The molecule has 0 saturated heterocycles. The van der Waals surface area contributed by atoms with Crippen LogP contribution in [0.5, 0.6) is 0 Å². The van der Waals surface area contributed by atoms with E-state index in [2.05, 4.69) is 21.2 Å². The number of rotatable bonds is 6. The molecule has 1 unspecified atom stereocenters. The lowest BCUT2D eigenvalue weighted by Gasteiger charge is -2.25. The molecule has 0 spiro atoms. The van der Waals surface area contributed by atoms with Gasteiger partial charge in [-0.1, -0.05) is 28.1 Å². The highest BCUT2D eigenvalue weighted by atomic mass is 79.9.